The van der Waals surface area contributed by atoms with Crippen molar-refractivity contribution < 1.29 is 33.4 Å². The fourth-order valence-corrected chi connectivity index (χ4v) is 3.84. The molecule has 0 aliphatic carbocycles. The fraction of sp³-hybridized carbons (Fsp3) is 0.346. The number of hydrogen-bond acceptors (Lipinski definition) is 7. The van der Waals surface area contributed by atoms with Crippen molar-refractivity contribution in [2.45, 2.75) is 26.2 Å². The van der Waals surface area contributed by atoms with E-state index in [1.807, 2.05) is 6.92 Å². The fourth-order valence-electron chi connectivity index (χ4n) is 3.84. The molecule has 190 valence electrons. The van der Waals surface area contributed by atoms with E-state index in [1.54, 1.807) is 17.0 Å². The van der Waals surface area contributed by atoms with Crippen LogP contribution in [0.15, 0.2) is 42.5 Å². The van der Waals surface area contributed by atoms with E-state index in [0.29, 0.717) is 18.8 Å². The van der Waals surface area contributed by atoms with Crippen molar-refractivity contribution in [3.8, 4) is 0 Å². The molecule has 0 aromatic heterocycles. The van der Waals surface area contributed by atoms with Crippen LogP contribution < -0.4 is 10.6 Å². The molecule has 3 rings (SSSR count). The van der Waals surface area contributed by atoms with Gasteiger partial charge >= 0.3 is 11.9 Å². The second-order valence-electron chi connectivity index (χ2n) is 8.40. The monoisotopic (exact) mass is 495 g/mol. The molecule has 0 radical (unpaired) electrons. The molecule has 2 N–H and O–H groups in total. The summed E-state index contributed by atoms with van der Waals surface area (Å²) in [6.45, 7) is 3.11. The number of ether oxygens (including phenoxy) is 2. The minimum atomic E-state index is -0.672. The SMILES string of the molecule is CCCCN1CC(C(=O)Nc2ccc(C(=O)Nc3cc(C(=O)OC)cc(C(=O)OC)c3)cc2)CC1=O. The van der Waals surface area contributed by atoms with Crippen molar-refractivity contribution in [3.05, 3.63) is 59.2 Å². The van der Waals surface area contributed by atoms with E-state index in [9.17, 15) is 24.0 Å². The maximum atomic E-state index is 12.7. The number of hydrogen-bond donors (Lipinski definition) is 2. The number of nitrogens with zero attached hydrogens (tertiary/aromatic N) is 1. The van der Waals surface area contributed by atoms with Gasteiger partial charge in [-0.15, -0.1) is 0 Å². The van der Waals surface area contributed by atoms with Crippen LogP contribution in [-0.2, 0) is 19.1 Å². The predicted molar refractivity (Wildman–Crippen MR) is 132 cm³/mol. The van der Waals surface area contributed by atoms with Crippen molar-refractivity contribution in [1.82, 2.24) is 4.90 Å². The van der Waals surface area contributed by atoms with Gasteiger partial charge in [0.15, 0.2) is 0 Å². The Morgan fingerprint density at radius 1 is 0.889 bits per heavy atom. The number of likely N-dealkylation sites (tertiary alicyclic amines) is 1. The lowest BCUT2D eigenvalue weighted by Crippen LogP contribution is -2.29. The van der Waals surface area contributed by atoms with Gasteiger partial charge in [-0.1, -0.05) is 13.3 Å². The van der Waals surface area contributed by atoms with Gasteiger partial charge in [0.05, 0.1) is 31.3 Å². The number of rotatable bonds is 9. The maximum Gasteiger partial charge on any atom is 0.337 e. The van der Waals surface area contributed by atoms with Crippen LogP contribution in [0, 0.1) is 5.92 Å². The van der Waals surface area contributed by atoms with E-state index < -0.39 is 23.8 Å². The van der Waals surface area contributed by atoms with Crippen LogP contribution in [0.1, 0.15) is 57.3 Å². The van der Waals surface area contributed by atoms with E-state index in [2.05, 4.69) is 10.6 Å². The minimum absolute atomic E-state index is 0.0118. The molecular formula is C26H29N3O7. The largest absolute Gasteiger partial charge is 0.465 e. The highest BCUT2D eigenvalue weighted by Gasteiger charge is 2.33. The van der Waals surface area contributed by atoms with E-state index in [1.165, 1.54) is 44.6 Å². The van der Waals surface area contributed by atoms with Crippen LogP contribution in [0.2, 0.25) is 0 Å². The third kappa shape index (κ3) is 6.47. The second kappa shape index (κ2) is 12.0. The van der Waals surface area contributed by atoms with Crippen LogP contribution in [-0.4, -0.2) is 61.9 Å². The topological polar surface area (TPSA) is 131 Å². The van der Waals surface area contributed by atoms with Gasteiger partial charge in [-0.2, -0.15) is 0 Å². The first-order valence-corrected chi connectivity index (χ1v) is 11.6. The van der Waals surface area contributed by atoms with Crippen LogP contribution in [0.3, 0.4) is 0 Å². The summed E-state index contributed by atoms with van der Waals surface area (Å²) in [6, 6.07) is 10.3. The van der Waals surface area contributed by atoms with Crippen LogP contribution in [0.4, 0.5) is 11.4 Å². The molecule has 0 saturated carbocycles. The number of nitrogens with one attached hydrogen (secondary N) is 2. The van der Waals surface area contributed by atoms with Gasteiger partial charge in [0.25, 0.3) is 5.91 Å². The average Bonchev–Trinajstić information content (AvgIpc) is 3.26. The summed E-state index contributed by atoms with van der Waals surface area (Å²) in [5.74, 6) is -2.50. The summed E-state index contributed by atoms with van der Waals surface area (Å²) in [7, 11) is 2.41. The number of anilines is 2. The lowest BCUT2D eigenvalue weighted by Gasteiger charge is -2.16. The summed E-state index contributed by atoms with van der Waals surface area (Å²) in [6.07, 6.45) is 2.07. The van der Waals surface area contributed by atoms with Crippen molar-refractivity contribution in [2.24, 2.45) is 5.92 Å². The highest BCUT2D eigenvalue weighted by Crippen LogP contribution is 2.22. The van der Waals surface area contributed by atoms with E-state index in [4.69, 9.17) is 9.47 Å². The molecule has 10 nitrogen and oxygen atoms in total. The normalized spacial score (nSPS) is 14.8. The third-order valence-electron chi connectivity index (χ3n) is 5.81. The van der Waals surface area contributed by atoms with Gasteiger partial charge in [0.1, 0.15) is 0 Å². The molecule has 2 aromatic rings. The first-order valence-electron chi connectivity index (χ1n) is 11.6. The molecule has 1 fully saturated rings. The summed E-state index contributed by atoms with van der Waals surface area (Å²) in [5.41, 5.74) is 1.15. The Morgan fingerprint density at radius 2 is 1.50 bits per heavy atom. The van der Waals surface area contributed by atoms with Gasteiger partial charge in [-0.05, 0) is 48.9 Å². The van der Waals surface area contributed by atoms with Gasteiger partial charge in [0, 0.05) is 36.4 Å². The van der Waals surface area contributed by atoms with Crippen LogP contribution in [0.25, 0.3) is 0 Å². The van der Waals surface area contributed by atoms with E-state index in [0.717, 1.165) is 12.8 Å². The number of amides is 3. The summed E-state index contributed by atoms with van der Waals surface area (Å²) in [5, 5.41) is 5.44. The molecule has 0 bridgehead atoms. The third-order valence-corrected chi connectivity index (χ3v) is 5.81. The van der Waals surface area contributed by atoms with Crippen LogP contribution in [0.5, 0.6) is 0 Å². The zero-order chi connectivity index (χ0) is 26.2. The number of methoxy groups -OCH3 is 2. The Balaban J connectivity index is 1.65. The average molecular weight is 496 g/mol. The summed E-state index contributed by atoms with van der Waals surface area (Å²) in [4.78, 5) is 63.1. The molecule has 1 atom stereocenters. The molecule has 1 aliphatic heterocycles. The summed E-state index contributed by atoms with van der Waals surface area (Å²) >= 11 is 0. The van der Waals surface area contributed by atoms with Crippen LogP contribution >= 0.6 is 0 Å². The molecule has 2 aromatic carbocycles. The zero-order valence-corrected chi connectivity index (χ0v) is 20.5. The van der Waals surface area contributed by atoms with E-state index in [-0.39, 0.29) is 40.6 Å². The Hall–Kier alpha value is -4.21. The highest BCUT2D eigenvalue weighted by molar-refractivity contribution is 6.06. The van der Waals surface area contributed by atoms with Crippen molar-refractivity contribution in [1.29, 1.82) is 0 Å². The van der Waals surface area contributed by atoms with Crippen molar-refractivity contribution >= 4 is 41.0 Å². The Labute approximate surface area is 208 Å². The van der Waals surface area contributed by atoms with Gasteiger partial charge in [-0.25, -0.2) is 9.59 Å². The van der Waals surface area contributed by atoms with Gasteiger partial charge < -0.3 is 25.0 Å². The molecule has 10 heteroatoms. The quantitative estimate of drug-likeness (QED) is 0.511. The smallest absolute Gasteiger partial charge is 0.337 e. The standard InChI is InChI=1S/C26H29N3O7/c1-4-5-10-29-15-19(14-22(29)30)24(32)27-20-8-6-16(7-9-20)23(31)28-21-12-17(25(33)35-2)11-18(13-21)26(34)36-3/h6-9,11-13,19H,4-5,10,14-15H2,1-3H3,(H,27,32)(H,28,31). The number of benzene rings is 2. The van der Waals surface area contributed by atoms with Crippen molar-refractivity contribution in [3.63, 3.8) is 0 Å². The molecular weight excluding hydrogens is 466 g/mol. The number of carbonyl (C=O) groups is 5. The Bertz CT molecular complexity index is 1130. The molecule has 1 unspecified atom stereocenters. The lowest BCUT2D eigenvalue weighted by molar-refractivity contribution is -0.128. The molecule has 0 spiro atoms. The first kappa shape index (κ1) is 26.4. The predicted octanol–water partition coefficient (Wildman–Crippen LogP) is 3.10. The molecule has 36 heavy (non-hydrogen) atoms. The molecule has 3 amide bonds. The second-order valence-corrected chi connectivity index (χ2v) is 8.40. The van der Waals surface area contributed by atoms with Gasteiger partial charge in [-0.3, -0.25) is 14.4 Å². The van der Waals surface area contributed by atoms with Gasteiger partial charge in [0.2, 0.25) is 11.8 Å². The lowest BCUT2D eigenvalue weighted by atomic mass is 10.1. The number of carbonyl (C=O) groups excluding carboxylic acids is 5. The Morgan fingerprint density at radius 3 is 2.06 bits per heavy atom. The maximum absolute atomic E-state index is 12.7. The zero-order valence-electron chi connectivity index (χ0n) is 20.5. The van der Waals surface area contributed by atoms with E-state index >= 15 is 0 Å². The number of esters is 2. The molecule has 1 aliphatic rings. The highest BCUT2D eigenvalue weighted by atomic mass is 16.5. The first-order chi connectivity index (χ1) is 17.2. The summed E-state index contributed by atoms with van der Waals surface area (Å²) < 4.78 is 9.40. The molecule has 1 heterocycles. The number of unbranched alkanes of at least 4 members (excludes halogenated alkanes) is 1. The molecule has 1 saturated heterocycles. The Kier molecular flexibility index (Phi) is 8.77. The minimum Gasteiger partial charge on any atom is -0.465 e. The van der Waals surface area contributed by atoms with Crippen molar-refractivity contribution in [2.75, 3.05) is 37.9 Å².